The molecule has 1 unspecified atom stereocenters. The maximum Gasteiger partial charge on any atom is 0.0733 e. The minimum absolute atomic E-state index is 0.0185. The lowest BCUT2D eigenvalue weighted by atomic mass is 10.1. The molecule has 0 spiro atoms. The van der Waals surface area contributed by atoms with E-state index in [1.165, 1.54) is 12.8 Å². The van der Waals surface area contributed by atoms with E-state index in [9.17, 15) is 5.11 Å². The highest BCUT2D eigenvalue weighted by Gasteiger charge is 2.39. The van der Waals surface area contributed by atoms with Gasteiger partial charge in [-0.05, 0) is 18.8 Å². The first-order valence-electron chi connectivity index (χ1n) is 3.29. The molecule has 1 saturated carbocycles. The van der Waals surface area contributed by atoms with Crippen molar-refractivity contribution in [2.75, 3.05) is 6.54 Å². The Hall–Kier alpha value is -0.0800. The first-order chi connectivity index (χ1) is 3.88. The van der Waals surface area contributed by atoms with E-state index < -0.39 is 0 Å². The molecule has 46 valence electrons. The Balaban J connectivity index is 2.16. The van der Waals surface area contributed by atoms with Crippen LogP contribution in [0.15, 0.2) is 0 Å². The smallest absolute Gasteiger partial charge is 0.0733 e. The highest BCUT2D eigenvalue weighted by Crippen LogP contribution is 2.30. The number of aliphatic hydroxyl groups excluding tert-OH is 1. The zero-order chi connectivity index (χ0) is 5.56. The Bertz CT molecular complexity index is 84.7. The van der Waals surface area contributed by atoms with Crippen molar-refractivity contribution in [3.05, 3.63) is 0 Å². The van der Waals surface area contributed by atoms with Crippen LogP contribution in [0.4, 0.5) is 0 Å². The zero-order valence-electron chi connectivity index (χ0n) is 4.80. The van der Waals surface area contributed by atoms with Crippen LogP contribution in [-0.4, -0.2) is 23.8 Å². The van der Waals surface area contributed by atoms with Gasteiger partial charge in [0.1, 0.15) is 0 Å². The van der Waals surface area contributed by atoms with Crippen LogP contribution < -0.4 is 5.32 Å². The Morgan fingerprint density at radius 3 is 2.38 bits per heavy atom. The Labute approximate surface area is 48.9 Å². The van der Waals surface area contributed by atoms with Gasteiger partial charge in [-0.1, -0.05) is 0 Å². The van der Waals surface area contributed by atoms with Crippen molar-refractivity contribution in [1.29, 1.82) is 0 Å². The van der Waals surface area contributed by atoms with Crippen molar-refractivity contribution in [2.45, 2.75) is 25.0 Å². The molecule has 2 rings (SSSR count). The molecule has 2 N–H and O–H groups in total. The summed E-state index contributed by atoms with van der Waals surface area (Å²) in [6.45, 7) is 1.05. The molecule has 1 aliphatic heterocycles. The van der Waals surface area contributed by atoms with Crippen molar-refractivity contribution >= 4 is 0 Å². The number of piperidine rings is 1. The van der Waals surface area contributed by atoms with E-state index in [4.69, 9.17) is 0 Å². The number of fused-ring (bicyclic) bond motifs is 2. The third-order valence-corrected chi connectivity index (χ3v) is 2.39. The molecule has 0 aromatic rings. The van der Waals surface area contributed by atoms with Gasteiger partial charge in [-0.2, -0.15) is 0 Å². The summed E-state index contributed by atoms with van der Waals surface area (Å²) in [5, 5.41) is 12.5. The fourth-order valence-corrected chi connectivity index (χ4v) is 1.81. The van der Waals surface area contributed by atoms with Gasteiger partial charge in [0.25, 0.3) is 0 Å². The third-order valence-electron chi connectivity index (χ3n) is 2.39. The van der Waals surface area contributed by atoms with E-state index in [-0.39, 0.29) is 6.10 Å². The predicted octanol–water partition coefficient (Wildman–Crippen LogP) is -0.271. The molecule has 2 heteroatoms. The largest absolute Gasteiger partial charge is 0.391 e. The molecule has 1 heterocycles. The molecule has 1 saturated heterocycles. The summed E-state index contributed by atoms with van der Waals surface area (Å²) in [6, 6.07) is 0.444. The van der Waals surface area contributed by atoms with Gasteiger partial charge in [0.05, 0.1) is 6.10 Å². The van der Waals surface area contributed by atoms with Gasteiger partial charge < -0.3 is 10.4 Å². The maximum absolute atomic E-state index is 9.27. The number of aliphatic hydroxyl groups is 1. The number of nitrogens with one attached hydrogen (secondary N) is 1. The molecule has 3 atom stereocenters. The second-order valence-electron chi connectivity index (χ2n) is 2.84. The van der Waals surface area contributed by atoms with Crippen molar-refractivity contribution in [3.63, 3.8) is 0 Å². The number of rotatable bonds is 0. The molecule has 2 bridgehead atoms. The molecular formula is C6H11NO. The molecule has 1 aliphatic carbocycles. The van der Waals surface area contributed by atoms with E-state index in [0.29, 0.717) is 12.0 Å². The standard InChI is InChI=1S/C6H11NO/c8-6-4-1-2-5(6)7-3-4/h4-8H,1-3H2/t4-,5-,6?/m0/s1. The summed E-state index contributed by atoms with van der Waals surface area (Å²) >= 11 is 0. The molecule has 0 aromatic heterocycles. The molecule has 2 fully saturated rings. The molecule has 0 aromatic carbocycles. The fourth-order valence-electron chi connectivity index (χ4n) is 1.81. The van der Waals surface area contributed by atoms with Crippen LogP contribution in [0.3, 0.4) is 0 Å². The average Bonchev–Trinajstić information content (AvgIpc) is 2.29. The summed E-state index contributed by atoms with van der Waals surface area (Å²) in [4.78, 5) is 0. The highest BCUT2D eigenvalue weighted by molar-refractivity contribution is 4.96. The van der Waals surface area contributed by atoms with Gasteiger partial charge in [-0.15, -0.1) is 0 Å². The number of hydrogen-bond donors (Lipinski definition) is 2. The lowest BCUT2D eigenvalue weighted by Gasteiger charge is -2.07. The summed E-state index contributed by atoms with van der Waals surface area (Å²) in [7, 11) is 0. The van der Waals surface area contributed by atoms with Crippen molar-refractivity contribution in [2.24, 2.45) is 5.92 Å². The molecule has 0 amide bonds. The SMILES string of the molecule is OC1[C@H]2CC[C@@H]1NC2. The molecule has 2 nitrogen and oxygen atoms in total. The second kappa shape index (κ2) is 1.45. The highest BCUT2D eigenvalue weighted by atomic mass is 16.3. The van der Waals surface area contributed by atoms with Gasteiger partial charge in [0.2, 0.25) is 0 Å². The molecule has 8 heavy (non-hydrogen) atoms. The van der Waals surface area contributed by atoms with Crippen LogP contribution in [0, 0.1) is 5.92 Å². The van der Waals surface area contributed by atoms with Crippen LogP contribution >= 0.6 is 0 Å². The van der Waals surface area contributed by atoms with Crippen molar-refractivity contribution in [3.8, 4) is 0 Å². The summed E-state index contributed by atoms with van der Waals surface area (Å²) in [5.74, 6) is 0.583. The van der Waals surface area contributed by atoms with E-state index in [2.05, 4.69) is 5.32 Å². The van der Waals surface area contributed by atoms with Gasteiger partial charge in [0, 0.05) is 12.6 Å². The third kappa shape index (κ3) is 0.446. The van der Waals surface area contributed by atoms with Crippen molar-refractivity contribution < 1.29 is 5.11 Å². The van der Waals surface area contributed by atoms with Crippen LogP contribution in [0.1, 0.15) is 12.8 Å². The lowest BCUT2D eigenvalue weighted by molar-refractivity contribution is 0.150. The average molecular weight is 113 g/mol. The van der Waals surface area contributed by atoms with E-state index in [1.807, 2.05) is 0 Å². The normalized spacial score (nSPS) is 52.9. The molecule has 0 radical (unpaired) electrons. The Morgan fingerprint density at radius 1 is 1.38 bits per heavy atom. The lowest BCUT2D eigenvalue weighted by Crippen LogP contribution is -2.27. The van der Waals surface area contributed by atoms with Crippen molar-refractivity contribution in [1.82, 2.24) is 5.32 Å². The maximum atomic E-state index is 9.27. The minimum Gasteiger partial charge on any atom is -0.391 e. The summed E-state index contributed by atoms with van der Waals surface area (Å²) < 4.78 is 0. The first kappa shape index (κ1) is 4.77. The molecular weight excluding hydrogens is 102 g/mol. The number of hydrogen-bond acceptors (Lipinski definition) is 2. The monoisotopic (exact) mass is 113 g/mol. The zero-order valence-corrected chi connectivity index (χ0v) is 4.80. The van der Waals surface area contributed by atoms with Crippen LogP contribution in [-0.2, 0) is 0 Å². The summed E-state index contributed by atoms with van der Waals surface area (Å²) in [5.41, 5.74) is 0. The van der Waals surface area contributed by atoms with Gasteiger partial charge in [-0.25, -0.2) is 0 Å². The quantitative estimate of drug-likeness (QED) is 0.453. The van der Waals surface area contributed by atoms with Gasteiger partial charge in [-0.3, -0.25) is 0 Å². The van der Waals surface area contributed by atoms with E-state index in [1.54, 1.807) is 0 Å². The summed E-state index contributed by atoms with van der Waals surface area (Å²) in [6.07, 6.45) is 2.40. The fraction of sp³-hybridized carbons (Fsp3) is 1.00. The van der Waals surface area contributed by atoms with E-state index >= 15 is 0 Å². The first-order valence-corrected chi connectivity index (χ1v) is 3.29. The Morgan fingerprint density at radius 2 is 2.25 bits per heavy atom. The Kier molecular flexibility index (Phi) is 0.866. The topological polar surface area (TPSA) is 32.3 Å². The van der Waals surface area contributed by atoms with Gasteiger partial charge in [0.15, 0.2) is 0 Å². The predicted molar refractivity (Wildman–Crippen MR) is 30.5 cm³/mol. The van der Waals surface area contributed by atoms with Crippen LogP contribution in [0.25, 0.3) is 0 Å². The van der Waals surface area contributed by atoms with Crippen LogP contribution in [0.2, 0.25) is 0 Å². The van der Waals surface area contributed by atoms with Crippen LogP contribution in [0.5, 0.6) is 0 Å². The second-order valence-corrected chi connectivity index (χ2v) is 2.84. The van der Waals surface area contributed by atoms with E-state index in [0.717, 1.165) is 6.54 Å². The molecule has 2 aliphatic rings. The minimum atomic E-state index is -0.0185. The van der Waals surface area contributed by atoms with Gasteiger partial charge >= 0.3 is 0 Å².